The summed E-state index contributed by atoms with van der Waals surface area (Å²) in [5.74, 6) is -2.16. The number of amides is 3. The van der Waals surface area contributed by atoms with E-state index in [4.69, 9.17) is 28.9 Å². The van der Waals surface area contributed by atoms with E-state index in [1.165, 1.54) is 35.4 Å². The van der Waals surface area contributed by atoms with Gasteiger partial charge in [-0.1, -0.05) is 61.0 Å². The first-order valence-electron chi connectivity index (χ1n) is 15.6. The van der Waals surface area contributed by atoms with Gasteiger partial charge in [-0.3, -0.25) is 19.1 Å². The molecule has 0 bridgehead atoms. The summed E-state index contributed by atoms with van der Waals surface area (Å²) in [6.07, 6.45) is 5.34. The lowest BCUT2D eigenvalue weighted by molar-refractivity contribution is -0.137. The number of halogens is 5. The number of fused-ring (bicyclic) bond motifs is 3. The van der Waals surface area contributed by atoms with Gasteiger partial charge in [-0.15, -0.1) is 0 Å². The number of anilines is 1. The number of hydrogen-bond donors (Lipinski definition) is 3. The Kier molecular flexibility index (Phi) is 12.4. The van der Waals surface area contributed by atoms with Gasteiger partial charge in [0.2, 0.25) is 11.8 Å². The highest BCUT2D eigenvalue weighted by Gasteiger charge is 2.40. The third-order valence-corrected chi connectivity index (χ3v) is 10.2. The molecular weight excluding hydrogens is 829 g/mol. The first-order chi connectivity index (χ1) is 25.0. The number of nitrogens with zero attached hydrogens (tertiary/aromatic N) is 7. The summed E-state index contributed by atoms with van der Waals surface area (Å²) in [5, 5.41) is 8.04. The summed E-state index contributed by atoms with van der Waals surface area (Å²) in [7, 11) is 0. The van der Waals surface area contributed by atoms with E-state index >= 15 is 4.39 Å². The number of rotatable bonds is 6. The number of nitrogens with two attached hydrogens (primary N) is 1. The molecule has 2 atom stereocenters. The zero-order chi connectivity index (χ0) is 36.7. The van der Waals surface area contributed by atoms with E-state index in [9.17, 15) is 18.8 Å². The summed E-state index contributed by atoms with van der Waals surface area (Å²) in [6, 6.07) is 9.86. The van der Waals surface area contributed by atoms with Crippen molar-refractivity contribution in [2.75, 3.05) is 11.9 Å². The number of para-hydroxylation sites is 1. The molecule has 1 saturated heterocycles. The number of nitrogens with one attached hydrogen (secondary N) is 2. The van der Waals surface area contributed by atoms with Gasteiger partial charge in [0, 0.05) is 53.5 Å². The van der Waals surface area contributed by atoms with Crippen molar-refractivity contribution < 1.29 is 23.2 Å². The van der Waals surface area contributed by atoms with Crippen LogP contribution in [0.4, 0.5) is 20.3 Å². The van der Waals surface area contributed by atoms with Crippen molar-refractivity contribution in [1.82, 2.24) is 34.6 Å². The number of benzene rings is 2. The van der Waals surface area contributed by atoms with E-state index in [1.54, 1.807) is 30.5 Å². The number of H-pyrrole nitrogens is 1. The third kappa shape index (κ3) is 7.66. The number of imidazole rings is 1. The molecule has 6 aromatic rings. The Morgan fingerprint density at radius 1 is 1.04 bits per heavy atom. The fraction of sp³-hybridized carbons (Fsp3) is 0.200. The molecule has 0 spiro atoms. The summed E-state index contributed by atoms with van der Waals surface area (Å²) in [5.41, 5.74) is 7.89. The molecule has 4 N–H and O–H groups in total. The molecule has 4 aromatic heterocycles. The zero-order valence-corrected chi connectivity index (χ0v) is 31.3. The van der Waals surface area contributed by atoms with E-state index in [-0.39, 0.29) is 68.0 Å². The predicted octanol–water partition coefficient (Wildman–Crippen LogP) is 6.95. The number of aromatic amines is 1. The van der Waals surface area contributed by atoms with Crippen LogP contribution < -0.4 is 11.1 Å². The summed E-state index contributed by atoms with van der Waals surface area (Å²) in [4.78, 5) is 58.7. The second-order valence-electron chi connectivity index (χ2n) is 11.8. The Hall–Kier alpha value is -4.97. The van der Waals surface area contributed by atoms with Crippen molar-refractivity contribution >= 4 is 110 Å². The van der Waals surface area contributed by atoms with Crippen molar-refractivity contribution in [1.29, 1.82) is 0 Å². The van der Waals surface area contributed by atoms with E-state index in [0.717, 1.165) is 32.2 Å². The fourth-order valence-electron chi connectivity index (χ4n) is 6.07. The molecular formula is C35H31BrCl2F2N10O3S. The van der Waals surface area contributed by atoms with Crippen molar-refractivity contribution in [2.45, 2.75) is 39.0 Å². The summed E-state index contributed by atoms with van der Waals surface area (Å²) >= 11 is 15.7. The molecule has 0 radical (unpaired) electrons. The Morgan fingerprint density at radius 2 is 1.81 bits per heavy atom. The zero-order valence-electron chi connectivity index (χ0n) is 27.2. The second-order valence-corrected chi connectivity index (χ2v) is 13.4. The Morgan fingerprint density at radius 3 is 2.59 bits per heavy atom. The molecule has 8 rings (SSSR count). The van der Waals surface area contributed by atoms with E-state index in [2.05, 4.69) is 51.3 Å². The van der Waals surface area contributed by atoms with E-state index in [0.29, 0.717) is 22.1 Å². The van der Waals surface area contributed by atoms with Gasteiger partial charge < -0.3 is 20.9 Å². The van der Waals surface area contributed by atoms with Crippen LogP contribution in [0.15, 0.2) is 70.7 Å². The normalized spacial score (nSPS) is 15.6. The summed E-state index contributed by atoms with van der Waals surface area (Å²) < 4.78 is 32.3. The van der Waals surface area contributed by atoms with Crippen molar-refractivity contribution in [3.8, 4) is 11.1 Å². The lowest BCUT2D eigenvalue weighted by Gasteiger charge is -2.24. The molecule has 13 nitrogen and oxygen atoms in total. The van der Waals surface area contributed by atoms with Crippen LogP contribution in [0.1, 0.15) is 29.9 Å². The molecule has 2 aliphatic heterocycles. The molecule has 3 amide bonds. The van der Waals surface area contributed by atoms with E-state index < -0.39 is 35.8 Å². The van der Waals surface area contributed by atoms with Gasteiger partial charge in [-0.05, 0) is 28.1 Å². The number of likely N-dealkylation sites (tertiary alicyclic amines) is 1. The number of primary amides is 1. The van der Waals surface area contributed by atoms with Gasteiger partial charge in [0.25, 0.3) is 5.91 Å². The molecule has 2 aliphatic rings. The second kappa shape index (κ2) is 16.6. The minimum Gasteiger partial charge on any atom is -0.364 e. The SMILES string of the molecule is C.Clc1c(Br)cnc2c1CC=N2.NC(=O)c1nn(CC(=O)N2C[C@H](F)C[C@H]2C(=O)Nc2cccc(-c3cnc4nc[nH]c4c3Cl)c2F)c2ccccc12.S. The molecule has 0 unspecified atom stereocenters. The smallest absolute Gasteiger partial charge is 0.269 e. The molecule has 54 heavy (non-hydrogen) atoms. The van der Waals surface area contributed by atoms with Gasteiger partial charge in [0.1, 0.15) is 24.3 Å². The number of hydrogen-bond acceptors (Lipinski definition) is 8. The minimum absolute atomic E-state index is 0. The van der Waals surface area contributed by atoms with Crippen molar-refractivity contribution in [3.05, 3.63) is 92.8 Å². The van der Waals surface area contributed by atoms with Crippen LogP contribution >= 0.6 is 52.6 Å². The predicted molar refractivity (Wildman–Crippen MR) is 212 cm³/mol. The molecule has 6 heterocycles. The number of pyridine rings is 2. The molecule has 1 fully saturated rings. The third-order valence-electron chi connectivity index (χ3n) is 8.54. The van der Waals surface area contributed by atoms with Crippen LogP contribution in [-0.4, -0.2) is 77.3 Å². The van der Waals surface area contributed by atoms with Gasteiger partial charge in [-0.2, -0.15) is 18.6 Å². The quantitative estimate of drug-likeness (QED) is 0.162. The number of carbonyl (C=O) groups is 3. The standard InChI is InChI=1S/C27H21ClF2N8O3.C7H4BrClN2.CH4.H2S/c28-21-16(9-32-26-24(21)33-12-34-26)14-5-3-6-17(22(14)30)35-27(41)19-8-13(29)10-37(19)20(39)11-38-18-7-2-1-4-15(18)23(36-38)25(31)40;8-5-3-11-7-4(6(5)9)1-2-10-7;;/h1-7,9,12-13,19H,8,10-11H2,(H2,31,40)(H,35,41)(H,32,33,34);2-3H,1H2;1H4;1H2/t13-,19+;;;/m1.../s1. The van der Waals surface area contributed by atoms with Crippen LogP contribution in [0.3, 0.4) is 0 Å². The lowest BCUT2D eigenvalue weighted by atomic mass is 10.1. The highest BCUT2D eigenvalue weighted by Crippen LogP contribution is 2.36. The van der Waals surface area contributed by atoms with Crippen LogP contribution in [0.5, 0.6) is 0 Å². The number of alkyl halides is 1. The molecule has 19 heteroatoms. The van der Waals surface area contributed by atoms with Crippen LogP contribution in [0, 0.1) is 5.82 Å². The lowest BCUT2D eigenvalue weighted by Crippen LogP contribution is -2.44. The van der Waals surface area contributed by atoms with Crippen LogP contribution in [0.25, 0.3) is 33.2 Å². The maximum absolute atomic E-state index is 15.6. The molecule has 280 valence electrons. The van der Waals surface area contributed by atoms with Crippen LogP contribution in [0.2, 0.25) is 10.0 Å². The largest absolute Gasteiger partial charge is 0.364 e. The maximum atomic E-state index is 15.6. The minimum atomic E-state index is -1.47. The van der Waals surface area contributed by atoms with E-state index in [1.807, 2.05) is 6.21 Å². The number of carbonyl (C=O) groups excluding carboxylic acids is 3. The topological polar surface area (TPSA) is 177 Å². The van der Waals surface area contributed by atoms with Gasteiger partial charge >= 0.3 is 0 Å². The van der Waals surface area contributed by atoms with Crippen molar-refractivity contribution in [2.24, 2.45) is 10.7 Å². The monoisotopic (exact) mass is 858 g/mol. The average Bonchev–Trinajstić information content (AvgIpc) is 3.94. The Bertz CT molecular complexity index is 2450. The fourth-order valence-corrected chi connectivity index (χ4v) is 6.91. The summed E-state index contributed by atoms with van der Waals surface area (Å²) in [6.45, 7) is -0.692. The Labute approximate surface area is 331 Å². The van der Waals surface area contributed by atoms with Crippen LogP contribution in [-0.2, 0) is 22.6 Å². The first-order valence-corrected chi connectivity index (χ1v) is 17.2. The maximum Gasteiger partial charge on any atom is 0.269 e. The van der Waals surface area contributed by atoms with Gasteiger partial charge in [0.05, 0.1) is 38.6 Å². The molecule has 2 aromatic carbocycles. The Balaban J connectivity index is 0.000000369. The highest BCUT2D eigenvalue weighted by atomic mass is 79.9. The highest BCUT2D eigenvalue weighted by molar-refractivity contribution is 9.10. The number of aromatic nitrogens is 6. The molecule has 0 saturated carbocycles. The first kappa shape index (κ1) is 40.2. The molecule has 0 aliphatic carbocycles. The van der Waals surface area contributed by atoms with Gasteiger partial charge in [0.15, 0.2) is 23.0 Å². The van der Waals surface area contributed by atoms with Gasteiger partial charge in [-0.25, -0.2) is 28.7 Å². The van der Waals surface area contributed by atoms with Crippen molar-refractivity contribution in [3.63, 3.8) is 0 Å². The number of aliphatic imine (C=N–C) groups is 1. The average molecular weight is 861 g/mol.